The van der Waals surface area contributed by atoms with Gasteiger partial charge in [0.15, 0.2) is 0 Å². The van der Waals surface area contributed by atoms with E-state index in [1.54, 1.807) is 12.1 Å². The SMILES string of the molecule is Cc1ccc2cc3oc4cccc(F)c4c(=O)c3cc2c1. The minimum absolute atomic E-state index is 0.0111. The summed E-state index contributed by atoms with van der Waals surface area (Å²) in [5.74, 6) is -0.549. The molecule has 0 saturated heterocycles. The van der Waals surface area contributed by atoms with Crippen LogP contribution in [-0.4, -0.2) is 0 Å². The lowest BCUT2D eigenvalue weighted by Crippen LogP contribution is -2.04. The molecular formula is C18H11FO2. The van der Waals surface area contributed by atoms with Crippen LogP contribution >= 0.6 is 0 Å². The maximum Gasteiger partial charge on any atom is 0.203 e. The molecule has 0 amide bonds. The van der Waals surface area contributed by atoms with E-state index >= 15 is 0 Å². The number of hydrogen-bond donors (Lipinski definition) is 0. The molecule has 0 aliphatic rings. The molecule has 0 bridgehead atoms. The summed E-state index contributed by atoms with van der Waals surface area (Å²) in [7, 11) is 0. The predicted octanol–water partition coefficient (Wildman–Crippen LogP) is 4.55. The molecule has 3 aromatic carbocycles. The molecule has 2 nitrogen and oxygen atoms in total. The zero-order chi connectivity index (χ0) is 14.6. The molecule has 21 heavy (non-hydrogen) atoms. The zero-order valence-corrected chi connectivity index (χ0v) is 11.3. The average molecular weight is 278 g/mol. The number of aryl methyl sites for hydroxylation is 1. The zero-order valence-electron chi connectivity index (χ0n) is 11.3. The van der Waals surface area contributed by atoms with Gasteiger partial charge in [0, 0.05) is 0 Å². The maximum absolute atomic E-state index is 13.9. The van der Waals surface area contributed by atoms with Crippen LogP contribution < -0.4 is 5.43 Å². The van der Waals surface area contributed by atoms with Gasteiger partial charge < -0.3 is 4.42 Å². The van der Waals surface area contributed by atoms with Gasteiger partial charge in [0.25, 0.3) is 0 Å². The summed E-state index contributed by atoms with van der Waals surface area (Å²) in [5.41, 5.74) is 1.54. The molecule has 0 fully saturated rings. The number of halogens is 1. The van der Waals surface area contributed by atoms with Gasteiger partial charge in [-0.25, -0.2) is 4.39 Å². The third-order valence-electron chi connectivity index (χ3n) is 3.76. The van der Waals surface area contributed by atoms with Gasteiger partial charge in [0.1, 0.15) is 22.4 Å². The van der Waals surface area contributed by atoms with E-state index in [2.05, 4.69) is 0 Å². The molecule has 0 radical (unpaired) electrons. The van der Waals surface area contributed by atoms with E-state index in [9.17, 15) is 9.18 Å². The van der Waals surface area contributed by atoms with Gasteiger partial charge in [-0.15, -0.1) is 0 Å². The summed E-state index contributed by atoms with van der Waals surface area (Å²) in [5, 5.41) is 2.36. The molecule has 0 unspecified atom stereocenters. The molecule has 0 aliphatic carbocycles. The first kappa shape index (κ1) is 12.1. The highest BCUT2D eigenvalue weighted by Crippen LogP contribution is 2.25. The van der Waals surface area contributed by atoms with Gasteiger partial charge in [-0.3, -0.25) is 4.79 Å². The average Bonchev–Trinajstić information content (AvgIpc) is 2.46. The Morgan fingerprint density at radius 1 is 0.952 bits per heavy atom. The first-order valence-corrected chi connectivity index (χ1v) is 6.69. The molecule has 3 heteroatoms. The fourth-order valence-electron chi connectivity index (χ4n) is 2.72. The van der Waals surface area contributed by atoms with Gasteiger partial charge in [0.05, 0.1) is 5.39 Å². The molecule has 0 saturated carbocycles. The van der Waals surface area contributed by atoms with E-state index < -0.39 is 5.82 Å². The van der Waals surface area contributed by atoms with Crippen molar-refractivity contribution in [3.63, 3.8) is 0 Å². The highest BCUT2D eigenvalue weighted by molar-refractivity contribution is 5.99. The van der Waals surface area contributed by atoms with Gasteiger partial charge in [-0.2, -0.15) is 0 Å². The van der Waals surface area contributed by atoms with Crippen LogP contribution in [0, 0.1) is 12.7 Å². The van der Waals surface area contributed by atoms with Crippen LogP contribution in [0.1, 0.15) is 5.56 Å². The molecule has 0 atom stereocenters. The Bertz CT molecular complexity index is 1080. The normalized spacial score (nSPS) is 11.5. The van der Waals surface area contributed by atoms with Crippen LogP contribution in [0.25, 0.3) is 32.7 Å². The van der Waals surface area contributed by atoms with Crippen molar-refractivity contribution in [2.45, 2.75) is 6.92 Å². The summed E-state index contributed by atoms with van der Waals surface area (Å²) in [4.78, 5) is 12.5. The highest BCUT2D eigenvalue weighted by atomic mass is 19.1. The van der Waals surface area contributed by atoms with E-state index in [-0.39, 0.29) is 16.4 Å². The van der Waals surface area contributed by atoms with Crippen molar-refractivity contribution in [2.24, 2.45) is 0 Å². The van der Waals surface area contributed by atoms with Crippen molar-refractivity contribution < 1.29 is 8.81 Å². The number of rotatable bonds is 0. The van der Waals surface area contributed by atoms with Crippen molar-refractivity contribution >= 4 is 32.7 Å². The largest absolute Gasteiger partial charge is 0.456 e. The molecule has 0 aliphatic heterocycles. The minimum Gasteiger partial charge on any atom is -0.456 e. The second-order valence-corrected chi connectivity index (χ2v) is 5.24. The van der Waals surface area contributed by atoms with E-state index in [0.29, 0.717) is 11.0 Å². The Labute approximate surface area is 119 Å². The van der Waals surface area contributed by atoms with Crippen LogP contribution in [0.4, 0.5) is 4.39 Å². The topological polar surface area (TPSA) is 30.2 Å². The second kappa shape index (κ2) is 4.16. The van der Waals surface area contributed by atoms with Crippen LogP contribution in [-0.2, 0) is 0 Å². The van der Waals surface area contributed by atoms with Crippen molar-refractivity contribution in [1.29, 1.82) is 0 Å². The van der Waals surface area contributed by atoms with Crippen molar-refractivity contribution in [1.82, 2.24) is 0 Å². The Balaban J connectivity index is 2.26. The van der Waals surface area contributed by atoms with Gasteiger partial charge in [-0.1, -0.05) is 29.8 Å². The molecular weight excluding hydrogens is 267 g/mol. The summed E-state index contributed by atoms with van der Waals surface area (Å²) < 4.78 is 19.6. The summed E-state index contributed by atoms with van der Waals surface area (Å²) in [6.07, 6.45) is 0. The monoisotopic (exact) mass is 278 g/mol. The van der Waals surface area contributed by atoms with Crippen LogP contribution in [0.2, 0.25) is 0 Å². The summed E-state index contributed by atoms with van der Waals surface area (Å²) >= 11 is 0. The van der Waals surface area contributed by atoms with Gasteiger partial charge >= 0.3 is 0 Å². The highest BCUT2D eigenvalue weighted by Gasteiger charge is 2.12. The van der Waals surface area contributed by atoms with Crippen molar-refractivity contribution in [3.05, 3.63) is 70.1 Å². The first-order valence-electron chi connectivity index (χ1n) is 6.69. The second-order valence-electron chi connectivity index (χ2n) is 5.24. The number of fused-ring (bicyclic) bond motifs is 3. The number of hydrogen-bond acceptors (Lipinski definition) is 2. The third-order valence-corrected chi connectivity index (χ3v) is 3.76. The number of benzene rings is 3. The van der Waals surface area contributed by atoms with Crippen molar-refractivity contribution in [2.75, 3.05) is 0 Å². The molecule has 4 aromatic rings. The molecule has 102 valence electrons. The Morgan fingerprint density at radius 2 is 1.81 bits per heavy atom. The molecule has 0 N–H and O–H groups in total. The van der Waals surface area contributed by atoms with E-state index in [1.165, 1.54) is 12.1 Å². The molecule has 1 heterocycles. The fraction of sp³-hybridized carbons (Fsp3) is 0.0556. The van der Waals surface area contributed by atoms with Crippen molar-refractivity contribution in [3.8, 4) is 0 Å². The molecule has 1 aromatic heterocycles. The summed E-state index contributed by atoms with van der Waals surface area (Å²) in [6, 6.07) is 14.0. The fourth-order valence-corrected chi connectivity index (χ4v) is 2.72. The van der Waals surface area contributed by atoms with Crippen LogP contribution in [0.5, 0.6) is 0 Å². The Kier molecular flexibility index (Phi) is 2.39. The first-order chi connectivity index (χ1) is 10.1. The van der Waals surface area contributed by atoms with Gasteiger partial charge in [0.2, 0.25) is 5.43 Å². The lowest BCUT2D eigenvalue weighted by Gasteiger charge is -2.05. The Hall–Kier alpha value is -2.68. The standard InChI is InChI=1S/C18H11FO2/c1-10-5-6-11-9-16-13(8-12(11)7-10)18(20)17-14(19)3-2-4-15(17)21-16/h2-9H,1H3. The minimum atomic E-state index is -0.549. The quantitative estimate of drug-likeness (QED) is 0.442. The van der Waals surface area contributed by atoms with E-state index in [0.717, 1.165) is 16.3 Å². The predicted molar refractivity (Wildman–Crippen MR) is 82.2 cm³/mol. The third kappa shape index (κ3) is 1.74. The van der Waals surface area contributed by atoms with E-state index in [1.807, 2.05) is 31.2 Å². The lowest BCUT2D eigenvalue weighted by atomic mass is 10.0. The van der Waals surface area contributed by atoms with E-state index in [4.69, 9.17) is 4.42 Å². The summed E-state index contributed by atoms with van der Waals surface area (Å²) in [6.45, 7) is 1.99. The van der Waals surface area contributed by atoms with Crippen LogP contribution in [0.15, 0.2) is 57.7 Å². The molecule has 4 rings (SSSR count). The lowest BCUT2D eigenvalue weighted by molar-refractivity contribution is 0.625. The maximum atomic E-state index is 13.9. The smallest absolute Gasteiger partial charge is 0.203 e. The van der Waals surface area contributed by atoms with Gasteiger partial charge in [-0.05, 0) is 42.0 Å². The Morgan fingerprint density at radius 3 is 2.67 bits per heavy atom. The molecule has 0 spiro atoms. The van der Waals surface area contributed by atoms with Crippen LogP contribution in [0.3, 0.4) is 0 Å².